The fraction of sp³-hybridized carbons (Fsp3) is 0.727. The van der Waals surface area contributed by atoms with Crippen molar-refractivity contribution in [2.75, 3.05) is 47.3 Å². The Bertz CT molecular complexity index is 549. The number of hydrogen-bond acceptors (Lipinski definition) is 9. The van der Waals surface area contributed by atoms with Crippen LogP contribution < -0.4 is 0 Å². The Labute approximate surface area is 202 Å². The summed E-state index contributed by atoms with van der Waals surface area (Å²) < 4.78 is 37.5. The highest BCUT2D eigenvalue weighted by Crippen LogP contribution is 2.18. The summed E-state index contributed by atoms with van der Waals surface area (Å²) in [5.74, 6) is -0.750. The minimum Gasteiger partial charge on any atom is -0.463 e. The predicted molar refractivity (Wildman–Crippen MR) is 132 cm³/mol. The van der Waals surface area contributed by atoms with Crippen LogP contribution >= 0.6 is 0 Å². The summed E-state index contributed by atoms with van der Waals surface area (Å²) in [4.78, 5) is 21.9. The second kappa shape index (κ2) is 20.1. The van der Waals surface area contributed by atoms with Crippen LogP contribution in [0.1, 0.15) is 40.5 Å². The van der Waals surface area contributed by atoms with E-state index in [4.69, 9.17) is 31.6 Å². The van der Waals surface area contributed by atoms with Gasteiger partial charge in [-0.05, 0) is 53.1 Å². The summed E-state index contributed by atoms with van der Waals surface area (Å²) in [7, 11) is -1.31. The van der Waals surface area contributed by atoms with Crippen LogP contribution in [-0.4, -0.2) is 76.6 Å². The highest BCUT2D eigenvalue weighted by molar-refractivity contribution is 6.65. The largest absolute Gasteiger partial charge is 0.501 e. The Morgan fingerprint density at radius 3 is 1.70 bits per heavy atom. The van der Waals surface area contributed by atoms with Crippen molar-refractivity contribution in [3.63, 3.8) is 0 Å². The molecule has 0 unspecified atom stereocenters. The number of carbonyl (C=O) groups is 2. The number of ether oxygens (including phenoxy) is 2. The Hall–Kier alpha value is -1.35. The van der Waals surface area contributed by atoms with Crippen molar-refractivity contribution < 1.29 is 41.2 Å². The van der Waals surface area contributed by atoms with Crippen molar-refractivity contribution >= 4 is 29.3 Å². The molecule has 0 aliphatic rings. The molecule has 0 bridgehead atoms. The van der Waals surface area contributed by atoms with Gasteiger partial charge in [0.2, 0.25) is 0 Å². The van der Waals surface area contributed by atoms with E-state index in [-0.39, 0.29) is 5.97 Å². The van der Waals surface area contributed by atoms with Gasteiger partial charge in [0.1, 0.15) is 0 Å². The topological polar surface area (TPSA) is 98.8 Å². The van der Waals surface area contributed by atoms with Gasteiger partial charge < -0.3 is 31.6 Å². The lowest BCUT2D eigenvalue weighted by Crippen LogP contribution is -2.46. The number of hydrogen-bond donors (Lipinski definition) is 0. The monoisotopic (exact) mass is 508 g/mol. The zero-order valence-electron chi connectivity index (χ0n) is 21.5. The number of esters is 2. The first-order valence-electron chi connectivity index (χ1n) is 11.2. The van der Waals surface area contributed by atoms with Gasteiger partial charge in [0, 0.05) is 51.7 Å². The molecular formula is C22H44O9Si2. The van der Waals surface area contributed by atoms with Crippen molar-refractivity contribution in [1.29, 1.82) is 0 Å². The van der Waals surface area contributed by atoms with E-state index in [1.807, 2.05) is 27.3 Å². The van der Waals surface area contributed by atoms with Gasteiger partial charge in [-0.3, -0.25) is 0 Å². The molecule has 0 aromatic rings. The van der Waals surface area contributed by atoms with E-state index in [0.29, 0.717) is 51.1 Å². The SMILES string of the molecule is C=C(C)C(=O)OCCC[Si](C)(OC)OC.C=CC(=O)OCCC[Si](OCC)(OCC)OCC. The van der Waals surface area contributed by atoms with Crippen molar-refractivity contribution in [2.24, 2.45) is 0 Å². The van der Waals surface area contributed by atoms with E-state index in [9.17, 15) is 9.59 Å². The summed E-state index contributed by atoms with van der Waals surface area (Å²) in [5, 5.41) is 0. The molecule has 9 nitrogen and oxygen atoms in total. The minimum absolute atomic E-state index is 0.326. The molecule has 0 spiro atoms. The van der Waals surface area contributed by atoms with Crippen molar-refractivity contribution in [2.45, 2.75) is 59.2 Å². The molecule has 194 valence electrons. The highest BCUT2D eigenvalue weighted by atomic mass is 28.4. The van der Waals surface area contributed by atoms with Gasteiger partial charge in [0.15, 0.2) is 0 Å². The second-order valence-electron chi connectivity index (χ2n) is 7.02. The molecule has 33 heavy (non-hydrogen) atoms. The van der Waals surface area contributed by atoms with E-state index in [2.05, 4.69) is 13.2 Å². The van der Waals surface area contributed by atoms with Gasteiger partial charge in [0.25, 0.3) is 0 Å². The number of rotatable bonds is 18. The molecule has 0 atom stereocenters. The van der Waals surface area contributed by atoms with E-state index >= 15 is 0 Å². The molecule has 0 amide bonds. The Morgan fingerprint density at radius 2 is 1.30 bits per heavy atom. The summed E-state index contributed by atoms with van der Waals surface area (Å²) >= 11 is 0. The lowest BCUT2D eigenvalue weighted by molar-refractivity contribution is -0.139. The molecule has 0 rings (SSSR count). The maximum absolute atomic E-state index is 11.0. The summed E-state index contributed by atoms with van der Waals surface area (Å²) in [6.45, 7) is 18.6. The van der Waals surface area contributed by atoms with Crippen LogP contribution in [0.25, 0.3) is 0 Å². The van der Waals surface area contributed by atoms with E-state index < -0.39 is 23.3 Å². The van der Waals surface area contributed by atoms with Crippen LogP contribution in [0.15, 0.2) is 24.8 Å². The van der Waals surface area contributed by atoms with Gasteiger partial charge in [-0.2, -0.15) is 0 Å². The third-order valence-electron chi connectivity index (χ3n) is 4.35. The molecular weight excluding hydrogens is 464 g/mol. The Morgan fingerprint density at radius 1 is 0.848 bits per heavy atom. The lowest BCUT2D eigenvalue weighted by Gasteiger charge is -2.28. The molecule has 0 aromatic heterocycles. The van der Waals surface area contributed by atoms with Crippen LogP contribution in [0, 0.1) is 0 Å². The molecule has 0 aliphatic heterocycles. The van der Waals surface area contributed by atoms with E-state index in [0.717, 1.165) is 18.5 Å². The summed E-state index contributed by atoms with van der Waals surface area (Å²) in [5.41, 5.74) is 0.425. The van der Waals surface area contributed by atoms with Gasteiger partial charge in [-0.1, -0.05) is 13.2 Å². The average molecular weight is 509 g/mol. The summed E-state index contributed by atoms with van der Waals surface area (Å²) in [6, 6.07) is 1.45. The maximum atomic E-state index is 11.0. The van der Waals surface area contributed by atoms with Crippen LogP contribution in [0.5, 0.6) is 0 Å². The molecule has 0 radical (unpaired) electrons. The van der Waals surface area contributed by atoms with Crippen LogP contribution in [0.3, 0.4) is 0 Å². The van der Waals surface area contributed by atoms with Gasteiger partial charge >= 0.3 is 29.3 Å². The molecule has 0 aliphatic carbocycles. The van der Waals surface area contributed by atoms with Crippen LogP contribution in [0.2, 0.25) is 18.6 Å². The fourth-order valence-corrected chi connectivity index (χ4v) is 6.43. The third-order valence-corrected chi connectivity index (χ3v) is 10.5. The zero-order chi connectivity index (χ0) is 25.8. The molecule has 0 aromatic carbocycles. The second-order valence-corrected chi connectivity index (χ2v) is 13.3. The quantitative estimate of drug-likeness (QED) is 0.118. The molecule has 0 saturated heterocycles. The first kappa shape index (κ1) is 33.8. The van der Waals surface area contributed by atoms with Crippen LogP contribution in [0.4, 0.5) is 0 Å². The van der Waals surface area contributed by atoms with E-state index in [1.54, 1.807) is 21.1 Å². The maximum Gasteiger partial charge on any atom is 0.501 e. The molecule has 0 saturated carbocycles. The normalized spacial score (nSPS) is 11.2. The van der Waals surface area contributed by atoms with E-state index in [1.165, 1.54) is 0 Å². The first-order chi connectivity index (χ1) is 15.6. The lowest BCUT2D eigenvalue weighted by atomic mass is 10.4. The molecule has 0 heterocycles. The zero-order valence-corrected chi connectivity index (χ0v) is 23.5. The smallest absolute Gasteiger partial charge is 0.463 e. The molecule has 0 N–H and O–H groups in total. The average Bonchev–Trinajstić information content (AvgIpc) is 2.80. The molecule has 11 heteroatoms. The highest BCUT2D eigenvalue weighted by Gasteiger charge is 2.39. The summed E-state index contributed by atoms with van der Waals surface area (Å²) in [6.07, 6.45) is 2.56. The third kappa shape index (κ3) is 16.8. The Kier molecular flexibility index (Phi) is 20.6. The van der Waals surface area contributed by atoms with Crippen molar-refractivity contribution in [3.8, 4) is 0 Å². The first-order valence-corrected chi connectivity index (χ1v) is 15.7. The Balaban J connectivity index is 0. The molecule has 0 fully saturated rings. The van der Waals surface area contributed by atoms with Crippen molar-refractivity contribution in [3.05, 3.63) is 24.8 Å². The predicted octanol–water partition coefficient (Wildman–Crippen LogP) is 4.01. The van der Waals surface area contributed by atoms with Crippen molar-refractivity contribution in [1.82, 2.24) is 0 Å². The minimum atomic E-state index is -2.59. The van der Waals surface area contributed by atoms with Gasteiger partial charge in [0.05, 0.1) is 13.2 Å². The van der Waals surface area contributed by atoms with Gasteiger partial charge in [-0.25, -0.2) is 9.59 Å². The van der Waals surface area contributed by atoms with Gasteiger partial charge in [-0.15, -0.1) is 0 Å². The fourth-order valence-electron chi connectivity index (χ4n) is 2.49. The van der Waals surface area contributed by atoms with Crippen LogP contribution in [-0.2, 0) is 41.2 Å². The number of carbonyl (C=O) groups excluding carboxylic acids is 2. The standard InChI is InChI=1S/C12H24O5Si.C10H20O4Si/c1-5-12(13)14-10-9-11-18(15-6-2,16-7-3)17-8-4;1-9(2)10(11)14-7-6-8-15(5,12-3)13-4/h5H,1,6-11H2,2-4H3;1,6-8H2,2-5H3.